The van der Waals surface area contributed by atoms with Crippen molar-refractivity contribution >= 4 is 22.6 Å². The molecular formula is C9H13N3O2S. The van der Waals surface area contributed by atoms with E-state index in [0.29, 0.717) is 12.5 Å². The number of nitrogens with zero attached hydrogens (tertiary/aromatic N) is 2. The van der Waals surface area contributed by atoms with Crippen molar-refractivity contribution in [1.82, 2.24) is 9.36 Å². The molecule has 1 heterocycles. The topological polar surface area (TPSA) is 75.1 Å². The third kappa shape index (κ3) is 2.65. The molecule has 15 heavy (non-hydrogen) atoms. The van der Waals surface area contributed by atoms with Gasteiger partial charge >= 0.3 is 5.97 Å². The van der Waals surface area contributed by atoms with Gasteiger partial charge in [0.2, 0.25) is 5.13 Å². The van der Waals surface area contributed by atoms with Crippen LogP contribution in [-0.4, -0.2) is 27.0 Å². The summed E-state index contributed by atoms with van der Waals surface area (Å²) in [7, 11) is 0. The molecule has 1 atom stereocenters. The highest BCUT2D eigenvalue weighted by Gasteiger charge is 2.27. The third-order valence-electron chi connectivity index (χ3n) is 2.37. The molecule has 0 aliphatic heterocycles. The minimum absolute atomic E-state index is 0.397. The van der Waals surface area contributed by atoms with Crippen molar-refractivity contribution in [3.8, 4) is 0 Å². The fourth-order valence-electron chi connectivity index (χ4n) is 1.14. The number of aromatic nitrogens is 2. The predicted octanol–water partition coefficient (Wildman–Crippen LogP) is 1.55. The molecule has 1 aromatic rings. The zero-order valence-electron chi connectivity index (χ0n) is 8.43. The first-order valence-corrected chi connectivity index (χ1v) is 5.74. The normalized spacial score (nSPS) is 17.4. The van der Waals surface area contributed by atoms with Gasteiger partial charge in [0.25, 0.3) is 0 Å². The molecule has 0 saturated heterocycles. The molecule has 1 aliphatic carbocycles. The number of carboxylic acid groups (broad SMARTS) is 1. The summed E-state index contributed by atoms with van der Waals surface area (Å²) >= 11 is 1.31. The van der Waals surface area contributed by atoms with E-state index < -0.39 is 11.9 Å². The van der Waals surface area contributed by atoms with Crippen molar-refractivity contribution in [2.45, 2.75) is 25.7 Å². The molecule has 0 bridgehead atoms. The fourth-order valence-corrected chi connectivity index (χ4v) is 1.79. The highest BCUT2D eigenvalue weighted by atomic mass is 32.1. The minimum Gasteiger partial charge on any atom is -0.481 e. The van der Waals surface area contributed by atoms with E-state index in [4.69, 9.17) is 5.11 Å². The molecule has 0 amide bonds. The Labute approximate surface area is 91.7 Å². The largest absolute Gasteiger partial charge is 0.481 e. The first-order valence-electron chi connectivity index (χ1n) is 4.97. The van der Waals surface area contributed by atoms with Gasteiger partial charge in [-0.25, -0.2) is 4.98 Å². The van der Waals surface area contributed by atoms with Crippen LogP contribution in [0.3, 0.4) is 0 Å². The fraction of sp³-hybridized carbons (Fsp3) is 0.667. The van der Waals surface area contributed by atoms with E-state index in [-0.39, 0.29) is 0 Å². The number of carboxylic acids is 1. The molecule has 2 rings (SSSR count). The van der Waals surface area contributed by atoms with Crippen LogP contribution in [0, 0.1) is 5.92 Å². The zero-order valence-corrected chi connectivity index (χ0v) is 9.25. The maximum Gasteiger partial charge on any atom is 0.308 e. The summed E-state index contributed by atoms with van der Waals surface area (Å²) in [5, 5.41) is 12.4. The summed E-state index contributed by atoms with van der Waals surface area (Å²) < 4.78 is 4.22. The Morgan fingerprint density at radius 2 is 2.47 bits per heavy atom. The molecule has 1 saturated carbocycles. The zero-order chi connectivity index (χ0) is 10.8. The van der Waals surface area contributed by atoms with E-state index in [2.05, 4.69) is 14.7 Å². The summed E-state index contributed by atoms with van der Waals surface area (Å²) in [4.78, 5) is 14.9. The quantitative estimate of drug-likeness (QED) is 0.798. The molecule has 0 aromatic carbocycles. The Balaban J connectivity index is 1.85. The lowest BCUT2D eigenvalue weighted by Gasteiger charge is -2.05. The Hall–Kier alpha value is -1.17. The highest BCUT2D eigenvalue weighted by Crippen LogP contribution is 2.39. The molecule has 5 nitrogen and oxygen atoms in total. The number of carbonyl (C=O) groups is 1. The molecule has 6 heteroatoms. The van der Waals surface area contributed by atoms with Crippen LogP contribution in [0.15, 0.2) is 0 Å². The van der Waals surface area contributed by atoms with Crippen molar-refractivity contribution in [1.29, 1.82) is 0 Å². The average molecular weight is 227 g/mol. The van der Waals surface area contributed by atoms with Crippen molar-refractivity contribution in [2.75, 3.05) is 11.9 Å². The molecule has 1 unspecified atom stereocenters. The van der Waals surface area contributed by atoms with Crippen LogP contribution < -0.4 is 5.32 Å². The van der Waals surface area contributed by atoms with Crippen LogP contribution in [0.1, 0.15) is 31.5 Å². The van der Waals surface area contributed by atoms with Crippen LogP contribution in [0.25, 0.3) is 0 Å². The molecule has 0 radical (unpaired) electrons. The van der Waals surface area contributed by atoms with Gasteiger partial charge in [-0.05, 0) is 12.8 Å². The van der Waals surface area contributed by atoms with Gasteiger partial charge in [-0.15, -0.1) is 0 Å². The standard InChI is InChI=1S/C9H13N3O2S/c1-5(8(13)14)4-10-9-11-7(12-15-9)6-2-3-6/h5-6H,2-4H2,1H3,(H,13,14)(H,10,11,12). The smallest absolute Gasteiger partial charge is 0.308 e. The number of anilines is 1. The second kappa shape index (κ2) is 4.14. The molecule has 2 N–H and O–H groups in total. The Bertz CT molecular complexity index is 362. The summed E-state index contributed by atoms with van der Waals surface area (Å²) in [6.07, 6.45) is 2.36. The summed E-state index contributed by atoms with van der Waals surface area (Å²) in [5.41, 5.74) is 0. The lowest BCUT2D eigenvalue weighted by atomic mass is 10.2. The van der Waals surface area contributed by atoms with E-state index in [1.807, 2.05) is 0 Å². The second-order valence-electron chi connectivity index (χ2n) is 3.85. The SMILES string of the molecule is CC(CNc1nc(C2CC2)ns1)C(=O)O. The van der Waals surface area contributed by atoms with Crippen molar-refractivity contribution in [3.63, 3.8) is 0 Å². The maximum atomic E-state index is 10.6. The van der Waals surface area contributed by atoms with Crippen LogP contribution in [0.2, 0.25) is 0 Å². The summed E-state index contributed by atoms with van der Waals surface area (Å²) in [5.74, 6) is 0.256. The van der Waals surface area contributed by atoms with Crippen LogP contribution in [0.5, 0.6) is 0 Å². The lowest BCUT2D eigenvalue weighted by Crippen LogP contribution is -2.19. The van der Waals surface area contributed by atoms with Crippen molar-refractivity contribution in [2.24, 2.45) is 5.92 Å². The van der Waals surface area contributed by atoms with E-state index in [9.17, 15) is 4.79 Å². The van der Waals surface area contributed by atoms with Gasteiger partial charge in [0.1, 0.15) is 5.82 Å². The van der Waals surface area contributed by atoms with Gasteiger partial charge in [-0.3, -0.25) is 4.79 Å². The molecular weight excluding hydrogens is 214 g/mol. The van der Waals surface area contributed by atoms with E-state index in [1.165, 1.54) is 24.4 Å². The number of nitrogens with one attached hydrogen (secondary N) is 1. The van der Waals surface area contributed by atoms with Gasteiger partial charge in [-0.1, -0.05) is 6.92 Å². The Kier molecular flexibility index (Phi) is 2.86. The van der Waals surface area contributed by atoms with Gasteiger partial charge < -0.3 is 10.4 Å². The van der Waals surface area contributed by atoms with Crippen LogP contribution in [0.4, 0.5) is 5.13 Å². The molecule has 82 valence electrons. The predicted molar refractivity (Wildman–Crippen MR) is 57.2 cm³/mol. The van der Waals surface area contributed by atoms with Gasteiger partial charge in [0.15, 0.2) is 0 Å². The summed E-state index contributed by atoms with van der Waals surface area (Å²) in [6, 6.07) is 0. The molecule has 0 spiro atoms. The minimum atomic E-state index is -0.797. The van der Waals surface area contributed by atoms with E-state index >= 15 is 0 Å². The van der Waals surface area contributed by atoms with E-state index in [1.54, 1.807) is 6.92 Å². The molecule has 1 aromatic heterocycles. The first-order chi connectivity index (χ1) is 7.16. The second-order valence-corrected chi connectivity index (χ2v) is 4.60. The molecule has 1 fully saturated rings. The number of aliphatic carboxylic acids is 1. The third-order valence-corrected chi connectivity index (χ3v) is 3.05. The number of hydrogen-bond acceptors (Lipinski definition) is 5. The average Bonchev–Trinajstić information content (AvgIpc) is 2.95. The van der Waals surface area contributed by atoms with E-state index in [0.717, 1.165) is 11.0 Å². The number of hydrogen-bond donors (Lipinski definition) is 2. The first kappa shape index (κ1) is 10.4. The van der Waals surface area contributed by atoms with Gasteiger partial charge in [0.05, 0.1) is 5.92 Å². The number of rotatable bonds is 5. The molecule has 1 aliphatic rings. The van der Waals surface area contributed by atoms with Crippen LogP contribution >= 0.6 is 11.5 Å². The maximum absolute atomic E-state index is 10.6. The van der Waals surface area contributed by atoms with Crippen molar-refractivity contribution < 1.29 is 9.90 Å². The van der Waals surface area contributed by atoms with Gasteiger partial charge in [0, 0.05) is 24.0 Å². The summed E-state index contributed by atoms with van der Waals surface area (Å²) in [6.45, 7) is 2.06. The monoisotopic (exact) mass is 227 g/mol. The van der Waals surface area contributed by atoms with Gasteiger partial charge in [-0.2, -0.15) is 4.37 Å². The Morgan fingerprint density at radius 1 is 1.73 bits per heavy atom. The Morgan fingerprint density at radius 3 is 3.07 bits per heavy atom. The lowest BCUT2D eigenvalue weighted by molar-refractivity contribution is -0.140. The van der Waals surface area contributed by atoms with Crippen LogP contribution in [-0.2, 0) is 4.79 Å². The highest BCUT2D eigenvalue weighted by molar-refractivity contribution is 7.09. The van der Waals surface area contributed by atoms with Crippen molar-refractivity contribution in [3.05, 3.63) is 5.82 Å².